The van der Waals surface area contributed by atoms with Gasteiger partial charge in [0, 0.05) is 24.5 Å². The highest BCUT2D eigenvalue weighted by Crippen LogP contribution is 2.49. The van der Waals surface area contributed by atoms with E-state index in [9.17, 15) is 20.6 Å². The molecule has 0 radical (unpaired) electrons. The zero-order valence-electron chi connectivity index (χ0n) is 13.2. The van der Waals surface area contributed by atoms with E-state index in [0.29, 0.717) is 6.42 Å². The van der Waals surface area contributed by atoms with Crippen molar-refractivity contribution in [2.75, 3.05) is 0 Å². The van der Waals surface area contributed by atoms with Crippen LogP contribution in [0.3, 0.4) is 0 Å². The zero-order valence-corrected chi connectivity index (χ0v) is 13.2. The Balaban J connectivity index is 2.03. The highest BCUT2D eigenvalue weighted by atomic mass is 16.6. The van der Waals surface area contributed by atoms with Gasteiger partial charge in [-0.1, -0.05) is 30.4 Å². The lowest BCUT2D eigenvalue weighted by Crippen LogP contribution is -2.27. The minimum absolute atomic E-state index is 0.0425. The van der Waals surface area contributed by atoms with Crippen molar-refractivity contribution in [3.8, 4) is 12.1 Å². The summed E-state index contributed by atoms with van der Waals surface area (Å²) in [5.74, 6) is 0.138. The number of non-ortho nitro benzene ring substituents is 1. The van der Waals surface area contributed by atoms with E-state index in [0.717, 1.165) is 30.4 Å². The molecule has 1 aromatic carbocycles. The molecule has 0 spiro atoms. The molecule has 0 saturated heterocycles. The second-order valence-corrected chi connectivity index (χ2v) is 6.33. The third kappa shape index (κ3) is 2.59. The summed E-state index contributed by atoms with van der Waals surface area (Å²) in [4.78, 5) is 10.4. The van der Waals surface area contributed by atoms with E-state index in [1.54, 1.807) is 12.1 Å². The van der Waals surface area contributed by atoms with Crippen LogP contribution in [0.4, 0.5) is 5.69 Å². The number of hydrogen-bond donors (Lipinski definition) is 0. The Morgan fingerprint density at radius 2 is 1.92 bits per heavy atom. The van der Waals surface area contributed by atoms with Gasteiger partial charge in [-0.3, -0.25) is 10.1 Å². The summed E-state index contributed by atoms with van der Waals surface area (Å²) in [5, 5.41) is 30.1. The second kappa shape index (κ2) is 6.29. The van der Waals surface area contributed by atoms with Crippen LogP contribution in [0.15, 0.2) is 48.1 Å². The van der Waals surface area contributed by atoms with Gasteiger partial charge in [-0.25, -0.2) is 0 Å². The van der Waals surface area contributed by atoms with Crippen molar-refractivity contribution in [1.29, 1.82) is 10.5 Å². The van der Waals surface area contributed by atoms with Crippen molar-refractivity contribution in [1.82, 2.24) is 0 Å². The molecule has 0 fully saturated rings. The Hall–Kier alpha value is -2.92. The quantitative estimate of drug-likeness (QED) is 0.459. The molecule has 24 heavy (non-hydrogen) atoms. The molecule has 2 aliphatic rings. The van der Waals surface area contributed by atoms with Gasteiger partial charge in [0.05, 0.1) is 17.1 Å². The van der Waals surface area contributed by atoms with E-state index >= 15 is 0 Å². The van der Waals surface area contributed by atoms with Gasteiger partial charge >= 0.3 is 0 Å². The van der Waals surface area contributed by atoms with Gasteiger partial charge in [0.15, 0.2) is 5.41 Å². The lowest BCUT2D eigenvalue weighted by atomic mass is 9.67. The first-order valence-electron chi connectivity index (χ1n) is 8.05. The largest absolute Gasteiger partial charge is 0.269 e. The first kappa shape index (κ1) is 16.0. The lowest BCUT2D eigenvalue weighted by molar-refractivity contribution is -0.384. The van der Waals surface area contributed by atoms with Gasteiger partial charge < -0.3 is 0 Å². The van der Waals surface area contributed by atoms with Crippen molar-refractivity contribution < 1.29 is 4.92 Å². The molecule has 0 bridgehead atoms. The van der Waals surface area contributed by atoms with Crippen LogP contribution in [0.2, 0.25) is 0 Å². The van der Waals surface area contributed by atoms with Gasteiger partial charge in [-0.15, -0.1) is 0 Å². The molecular weight excluding hydrogens is 302 g/mol. The van der Waals surface area contributed by atoms with E-state index in [2.05, 4.69) is 24.3 Å². The first-order chi connectivity index (χ1) is 11.6. The molecule has 0 aliphatic heterocycles. The standard InChI is InChI=1S/C19H17N3O2/c20-12-19(13-21)11-3-5-16(17-4-1-2-6-18(17)19)14-7-9-15(10-8-14)22(23)24/h3,5-10,16-17H,1-2,4,11H2. The minimum Gasteiger partial charge on any atom is -0.258 e. The molecule has 1 aromatic rings. The third-order valence-corrected chi connectivity index (χ3v) is 5.05. The smallest absolute Gasteiger partial charge is 0.258 e. The summed E-state index contributed by atoms with van der Waals surface area (Å²) in [5.41, 5.74) is 0.893. The Bertz CT molecular complexity index is 779. The number of nitriles is 2. The molecule has 5 nitrogen and oxygen atoms in total. The molecule has 2 unspecified atom stereocenters. The summed E-state index contributed by atoms with van der Waals surface area (Å²) < 4.78 is 0. The predicted octanol–water partition coefficient (Wildman–Crippen LogP) is 4.40. The van der Waals surface area contributed by atoms with E-state index < -0.39 is 10.3 Å². The number of nitro benzene ring substituents is 1. The number of fused-ring (bicyclic) bond motifs is 1. The highest BCUT2D eigenvalue weighted by molar-refractivity contribution is 5.44. The average molecular weight is 319 g/mol. The fourth-order valence-electron chi connectivity index (χ4n) is 3.82. The molecule has 0 amide bonds. The van der Waals surface area contributed by atoms with Gasteiger partial charge in [0.2, 0.25) is 0 Å². The summed E-state index contributed by atoms with van der Waals surface area (Å²) in [6.07, 6.45) is 9.27. The van der Waals surface area contributed by atoms with Gasteiger partial charge in [0.25, 0.3) is 5.69 Å². The lowest BCUT2D eigenvalue weighted by Gasteiger charge is -2.33. The van der Waals surface area contributed by atoms with Crippen LogP contribution in [0.1, 0.15) is 37.2 Å². The Morgan fingerprint density at radius 1 is 1.21 bits per heavy atom. The Kier molecular flexibility index (Phi) is 4.18. The Morgan fingerprint density at radius 3 is 2.54 bits per heavy atom. The number of nitrogens with zero attached hydrogens (tertiary/aromatic N) is 3. The SMILES string of the molecule is N#CC1(C#N)CC=CC(c2ccc([N+](=O)[O-])cc2)C2CCCC=C21. The molecule has 3 rings (SSSR count). The molecule has 120 valence electrons. The van der Waals surface area contributed by atoms with Crippen LogP contribution < -0.4 is 0 Å². The van der Waals surface area contributed by atoms with Crippen molar-refractivity contribution in [2.45, 2.75) is 31.6 Å². The minimum atomic E-state index is -1.09. The molecule has 2 aliphatic carbocycles. The zero-order chi connectivity index (χ0) is 17.2. The van der Waals surface area contributed by atoms with Gasteiger partial charge in [-0.05, 0) is 36.3 Å². The van der Waals surface area contributed by atoms with E-state index in [1.165, 1.54) is 12.1 Å². The molecule has 2 atom stereocenters. The summed E-state index contributed by atoms with van der Waals surface area (Å²) in [7, 11) is 0. The number of benzene rings is 1. The monoisotopic (exact) mass is 319 g/mol. The number of rotatable bonds is 2. The fraction of sp³-hybridized carbons (Fsp3) is 0.368. The van der Waals surface area contributed by atoms with Crippen molar-refractivity contribution >= 4 is 5.69 Å². The van der Waals surface area contributed by atoms with Crippen molar-refractivity contribution in [3.05, 3.63) is 63.7 Å². The van der Waals surface area contributed by atoms with Crippen molar-refractivity contribution in [2.24, 2.45) is 11.3 Å². The van der Waals surface area contributed by atoms with Crippen LogP contribution in [0.25, 0.3) is 0 Å². The number of hydrogen-bond acceptors (Lipinski definition) is 4. The van der Waals surface area contributed by atoms with E-state index in [-0.39, 0.29) is 17.5 Å². The Labute approximate surface area is 140 Å². The summed E-state index contributed by atoms with van der Waals surface area (Å²) in [6.45, 7) is 0. The maximum atomic E-state index is 10.8. The van der Waals surface area contributed by atoms with Crippen LogP contribution in [-0.2, 0) is 0 Å². The maximum Gasteiger partial charge on any atom is 0.269 e. The number of allylic oxidation sites excluding steroid dienone is 4. The molecule has 0 heterocycles. The maximum absolute atomic E-state index is 10.8. The molecular formula is C19H17N3O2. The molecule has 0 aromatic heterocycles. The highest BCUT2D eigenvalue weighted by Gasteiger charge is 2.43. The fourth-order valence-corrected chi connectivity index (χ4v) is 3.82. The topological polar surface area (TPSA) is 90.7 Å². The normalized spacial score (nSPS) is 24.7. The molecule has 5 heteroatoms. The molecule has 0 saturated carbocycles. The predicted molar refractivity (Wildman–Crippen MR) is 88.7 cm³/mol. The molecule has 0 N–H and O–H groups in total. The third-order valence-electron chi connectivity index (χ3n) is 5.05. The van der Waals surface area contributed by atoms with E-state index in [4.69, 9.17) is 0 Å². The van der Waals surface area contributed by atoms with Gasteiger partial charge in [-0.2, -0.15) is 10.5 Å². The van der Waals surface area contributed by atoms with Crippen LogP contribution in [-0.4, -0.2) is 4.92 Å². The first-order valence-corrected chi connectivity index (χ1v) is 8.05. The van der Waals surface area contributed by atoms with Crippen LogP contribution in [0.5, 0.6) is 0 Å². The summed E-state index contributed by atoms with van der Waals surface area (Å²) >= 11 is 0. The van der Waals surface area contributed by atoms with Crippen LogP contribution >= 0.6 is 0 Å². The van der Waals surface area contributed by atoms with Crippen molar-refractivity contribution in [3.63, 3.8) is 0 Å². The number of nitro groups is 1. The van der Waals surface area contributed by atoms with Gasteiger partial charge in [0.1, 0.15) is 0 Å². The second-order valence-electron chi connectivity index (χ2n) is 6.33. The summed E-state index contributed by atoms with van der Waals surface area (Å²) in [6, 6.07) is 11.1. The van der Waals surface area contributed by atoms with Crippen LogP contribution in [0, 0.1) is 44.1 Å². The van der Waals surface area contributed by atoms with E-state index in [1.807, 2.05) is 6.08 Å². The average Bonchev–Trinajstić information content (AvgIpc) is 2.79.